The minimum absolute atomic E-state index is 0.000673. The first-order valence-corrected chi connectivity index (χ1v) is 6.00. The molecule has 0 aliphatic rings. The Kier molecular flexibility index (Phi) is 3.66. The van der Waals surface area contributed by atoms with Gasteiger partial charge in [-0.1, -0.05) is 12.1 Å². The molecule has 94 valence electrons. The molecule has 0 spiro atoms. The Hall–Kier alpha value is -1.82. The average molecular weight is 311 g/mol. The molecule has 0 saturated heterocycles. The molecule has 0 fully saturated rings. The van der Waals surface area contributed by atoms with E-state index in [1.54, 1.807) is 7.05 Å². The van der Waals surface area contributed by atoms with Gasteiger partial charge in [-0.25, -0.2) is 9.78 Å². The van der Waals surface area contributed by atoms with Crippen LogP contribution in [0.2, 0.25) is 0 Å². The number of hydrogen-bond acceptors (Lipinski definition) is 3. The van der Waals surface area contributed by atoms with Crippen LogP contribution in [0.4, 0.5) is 0 Å². The highest BCUT2D eigenvalue weighted by atomic mass is 79.9. The van der Waals surface area contributed by atoms with Gasteiger partial charge in [0.05, 0.1) is 16.4 Å². The molecule has 0 bridgehead atoms. The van der Waals surface area contributed by atoms with Crippen molar-refractivity contribution in [3.63, 3.8) is 0 Å². The maximum atomic E-state index is 10.8. The zero-order valence-corrected chi connectivity index (χ0v) is 11.2. The van der Waals surface area contributed by atoms with Crippen molar-refractivity contribution in [2.75, 3.05) is 0 Å². The molecule has 1 aromatic heterocycles. The first-order chi connectivity index (χ1) is 8.59. The lowest BCUT2D eigenvalue weighted by molar-refractivity contribution is 0.0679. The molecule has 2 rings (SSSR count). The van der Waals surface area contributed by atoms with Crippen molar-refractivity contribution in [3.05, 3.63) is 46.5 Å². The lowest BCUT2D eigenvalue weighted by atomic mass is 10.3. The van der Waals surface area contributed by atoms with Gasteiger partial charge in [0.2, 0.25) is 5.82 Å². The molecule has 0 saturated carbocycles. The summed E-state index contributed by atoms with van der Waals surface area (Å²) in [6, 6.07) is 7.47. The molecule has 0 aliphatic heterocycles. The number of ether oxygens (including phenoxy) is 1. The Labute approximate surface area is 112 Å². The number of imidazole rings is 1. The SMILES string of the molecule is Cn1c(COc2ccccc2Br)cnc1C(=O)O. The Morgan fingerprint density at radius 2 is 2.22 bits per heavy atom. The summed E-state index contributed by atoms with van der Waals surface area (Å²) in [4.78, 5) is 14.7. The predicted molar refractivity (Wildman–Crippen MR) is 68.6 cm³/mol. The topological polar surface area (TPSA) is 64.4 Å². The molecule has 0 aliphatic carbocycles. The third kappa shape index (κ3) is 2.53. The number of hydrogen-bond donors (Lipinski definition) is 1. The molecular formula is C12H11BrN2O3. The molecular weight excluding hydrogens is 300 g/mol. The van der Waals surface area contributed by atoms with Crippen molar-refractivity contribution >= 4 is 21.9 Å². The predicted octanol–water partition coefficient (Wildman–Crippen LogP) is 2.46. The van der Waals surface area contributed by atoms with E-state index in [1.807, 2.05) is 24.3 Å². The smallest absolute Gasteiger partial charge is 0.372 e. The summed E-state index contributed by atoms with van der Waals surface area (Å²) in [6.45, 7) is 0.263. The van der Waals surface area contributed by atoms with Gasteiger partial charge < -0.3 is 14.4 Å². The lowest BCUT2D eigenvalue weighted by Crippen LogP contribution is -2.09. The van der Waals surface area contributed by atoms with Crippen LogP contribution in [0.5, 0.6) is 5.75 Å². The highest BCUT2D eigenvalue weighted by Crippen LogP contribution is 2.24. The number of nitrogens with zero attached hydrogens (tertiary/aromatic N) is 2. The van der Waals surface area contributed by atoms with Crippen LogP contribution in [0.1, 0.15) is 16.3 Å². The van der Waals surface area contributed by atoms with E-state index in [4.69, 9.17) is 9.84 Å². The molecule has 5 nitrogen and oxygen atoms in total. The van der Waals surface area contributed by atoms with Crippen LogP contribution in [0.15, 0.2) is 34.9 Å². The van der Waals surface area contributed by atoms with Gasteiger partial charge in [-0.05, 0) is 28.1 Å². The van der Waals surface area contributed by atoms with Gasteiger partial charge >= 0.3 is 5.97 Å². The van der Waals surface area contributed by atoms with E-state index in [-0.39, 0.29) is 12.4 Å². The van der Waals surface area contributed by atoms with E-state index in [9.17, 15) is 4.79 Å². The van der Waals surface area contributed by atoms with Gasteiger partial charge in [0, 0.05) is 7.05 Å². The largest absolute Gasteiger partial charge is 0.486 e. The molecule has 1 N–H and O–H groups in total. The number of carboxylic acid groups (broad SMARTS) is 1. The van der Waals surface area contributed by atoms with E-state index in [0.29, 0.717) is 11.4 Å². The standard InChI is InChI=1S/C12H11BrN2O3/c1-15-8(6-14-11(15)12(16)17)7-18-10-5-3-2-4-9(10)13/h2-6H,7H2,1H3,(H,16,17). The van der Waals surface area contributed by atoms with Crippen LogP contribution in [-0.4, -0.2) is 20.6 Å². The van der Waals surface area contributed by atoms with Crippen molar-refractivity contribution < 1.29 is 14.6 Å². The highest BCUT2D eigenvalue weighted by Gasteiger charge is 2.13. The molecule has 2 aromatic rings. The maximum absolute atomic E-state index is 10.8. The van der Waals surface area contributed by atoms with E-state index in [0.717, 1.165) is 4.47 Å². The van der Waals surface area contributed by atoms with Crippen molar-refractivity contribution in [2.24, 2.45) is 7.05 Å². The first kappa shape index (κ1) is 12.6. The van der Waals surface area contributed by atoms with Gasteiger partial charge in [-0.3, -0.25) is 0 Å². The molecule has 1 heterocycles. The summed E-state index contributed by atoms with van der Waals surface area (Å²) >= 11 is 3.38. The normalized spacial score (nSPS) is 10.3. The van der Waals surface area contributed by atoms with Crippen LogP contribution in [0.3, 0.4) is 0 Å². The van der Waals surface area contributed by atoms with Crippen LogP contribution in [-0.2, 0) is 13.7 Å². The fraction of sp³-hybridized carbons (Fsp3) is 0.167. The van der Waals surface area contributed by atoms with Crippen molar-refractivity contribution in [1.29, 1.82) is 0 Å². The first-order valence-electron chi connectivity index (χ1n) is 5.21. The maximum Gasteiger partial charge on any atom is 0.372 e. The summed E-state index contributed by atoms with van der Waals surface area (Å²) < 4.78 is 7.95. The zero-order valence-electron chi connectivity index (χ0n) is 9.63. The van der Waals surface area contributed by atoms with Crippen LogP contribution < -0.4 is 4.74 Å². The van der Waals surface area contributed by atoms with Crippen LogP contribution >= 0.6 is 15.9 Å². The third-order valence-electron chi connectivity index (χ3n) is 2.49. The second kappa shape index (κ2) is 5.22. The second-order valence-corrected chi connectivity index (χ2v) is 4.51. The average Bonchev–Trinajstić information content (AvgIpc) is 2.70. The van der Waals surface area contributed by atoms with Crippen molar-refractivity contribution in [3.8, 4) is 5.75 Å². The molecule has 0 amide bonds. The number of carbonyl (C=O) groups is 1. The molecule has 0 radical (unpaired) electrons. The number of aromatic carboxylic acids is 1. The lowest BCUT2D eigenvalue weighted by Gasteiger charge is -2.08. The molecule has 0 atom stereocenters. The fourth-order valence-corrected chi connectivity index (χ4v) is 1.89. The van der Waals surface area contributed by atoms with E-state index >= 15 is 0 Å². The number of rotatable bonds is 4. The van der Waals surface area contributed by atoms with Gasteiger partial charge in [0.15, 0.2) is 0 Å². The van der Waals surface area contributed by atoms with E-state index in [1.165, 1.54) is 10.8 Å². The van der Waals surface area contributed by atoms with Crippen molar-refractivity contribution in [2.45, 2.75) is 6.61 Å². The van der Waals surface area contributed by atoms with Crippen LogP contribution in [0.25, 0.3) is 0 Å². The number of carboxylic acids is 1. The van der Waals surface area contributed by atoms with Gasteiger partial charge in [0.1, 0.15) is 12.4 Å². The number of benzene rings is 1. The fourth-order valence-electron chi connectivity index (χ4n) is 1.49. The Morgan fingerprint density at radius 3 is 2.83 bits per heavy atom. The summed E-state index contributed by atoms with van der Waals surface area (Å²) in [6.07, 6.45) is 1.50. The minimum Gasteiger partial charge on any atom is -0.486 e. The Morgan fingerprint density at radius 1 is 1.50 bits per heavy atom. The van der Waals surface area contributed by atoms with Gasteiger partial charge in [0.25, 0.3) is 0 Å². The Bertz CT molecular complexity index is 580. The highest BCUT2D eigenvalue weighted by molar-refractivity contribution is 9.10. The quantitative estimate of drug-likeness (QED) is 0.942. The molecule has 1 aromatic carbocycles. The van der Waals surface area contributed by atoms with Gasteiger partial charge in [-0.2, -0.15) is 0 Å². The molecule has 18 heavy (non-hydrogen) atoms. The Balaban J connectivity index is 2.12. The summed E-state index contributed by atoms with van der Waals surface area (Å²) in [7, 11) is 1.65. The minimum atomic E-state index is -1.05. The monoisotopic (exact) mass is 310 g/mol. The second-order valence-electron chi connectivity index (χ2n) is 3.66. The third-order valence-corrected chi connectivity index (χ3v) is 3.14. The molecule has 0 unspecified atom stereocenters. The zero-order chi connectivity index (χ0) is 13.1. The number of para-hydroxylation sites is 1. The van der Waals surface area contributed by atoms with Crippen molar-refractivity contribution in [1.82, 2.24) is 9.55 Å². The molecule has 6 heteroatoms. The summed E-state index contributed by atoms with van der Waals surface area (Å²) in [5.41, 5.74) is 0.697. The number of halogens is 1. The van der Waals surface area contributed by atoms with E-state index < -0.39 is 5.97 Å². The summed E-state index contributed by atoms with van der Waals surface area (Å²) in [5.74, 6) is -0.346. The number of aromatic nitrogens is 2. The van der Waals surface area contributed by atoms with Crippen LogP contribution in [0, 0.1) is 0 Å². The van der Waals surface area contributed by atoms with E-state index in [2.05, 4.69) is 20.9 Å². The van der Waals surface area contributed by atoms with Gasteiger partial charge in [-0.15, -0.1) is 0 Å². The summed E-state index contributed by atoms with van der Waals surface area (Å²) in [5, 5.41) is 8.88.